The van der Waals surface area contributed by atoms with E-state index in [0.717, 1.165) is 25.1 Å². The molecule has 1 atom stereocenters. The van der Waals surface area contributed by atoms with Gasteiger partial charge in [-0.2, -0.15) is 0 Å². The average Bonchev–Trinajstić information content (AvgIpc) is 2.67. The average molecular weight is 193 g/mol. The van der Waals surface area contributed by atoms with Crippen LogP contribution in [0.4, 0.5) is 11.5 Å². The second kappa shape index (κ2) is 3.84. The molecule has 2 rings (SSSR count). The van der Waals surface area contributed by atoms with Crippen LogP contribution < -0.4 is 10.6 Å². The summed E-state index contributed by atoms with van der Waals surface area (Å²) in [6.07, 6.45) is 3.96. The Labute approximate surface area is 83.4 Å². The Hall–Kier alpha value is -1.29. The minimum Gasteiger partial charge on any atom is -0.394 e. The number of aromatic nitrogens is 1. The summed E-state index contributed by atoms with van der Waals surface area (Å²) in [5.41, 5.74) is 6.57. The first-order valence-corrected chi connectivity index (χ1v) is 4.90. The predicted octanol–water partition coefficient (Wildman–Crippen LogP) is 0.625. The fourth-order valence-electron chi connectivity index (χ4n) is 1.93. The molecule has 1 aliphatic heterocycles. The molecule has 14 heavy (non-hydrogen) atoms. The molecule has 1 aliphatic rings. The monoisotopic (exact) mass is 193 g/mol. The van der Waals surface area contributed by atoms with Gasteiger partial charge in [-0.3, -0.25) is 0 Å². The Morgan fingerprint density at radius 3 is 3.07 bits per heavy atom. The van der Waals surface area contributed by atoms with Gasteiger partial charge >= 0.3 is 0 Å². The molecule has 0 saturated carbocycles. The molecule has 0 aromatic carbocycles. The van der Waals surface area contributed by atoms with E-state index in [0.29, 0.717) is 5.82 Å². The Morgan fingerprint density at radius 1 is 1.57 bits per heavy atom. The summed E-state index contributed by atoms with van der Waals surface area (Å²) < 4.78 is 0. The SMILES string of the molecule is Nc1ccc(N2CCC[C@@H]2CO)cn1. The maximum atomic E-state index is 9.17. The first-order chi connectivity index (χ1) is 6.81. The fraction of sp³-hybridized carbons (Fsp3) is 0.500. The van der Waals surface area contributed by atoms with Gasteiger partial charge in [-0.25, -0.2) is 4.98 Å². The highest BCUT2D eigenvalue weighted by Gasteiger charge is 2.23. The van der Waals surface area contributed by atoms with Gasteiger partial charge in [0.25, 0.3) is 0 Å². The van der Waals surface area contributed by atoms with Crippen LogP contribution in [-0.4, -0.2) is 29.3 Å². The van der Waals surface area contributed by atoms with Crippen LogP contribution in [0.1, 0.15) is 12.8 Å². The van der Waals surface area contributed by atoms with Crippen molar-refractivity contribution in [2.45, 2.75) is 18.9 Å². The van der Waals surface area contributed by atoms with Crippen LogP contribution in [0.2, 0.25) is 0 Å². The van der Waals surface area contributed by atoms with E-state index < -0.39 is 0 Å². The molecule has 0 spiro atoms. The molecule has 3 N–H and O–H groups in total. The van der Waals surface area contributed by atoms with Gasteiger partial charge in [0.2, 0.25) is 0 Å². The smallest absolute Gasteiger partial charge is 0.123 e. The Bertz CT molecular complexity index is 299. The third kappa shape index (κ3) is 1.65. The molecule has 4 heteroatoms. The van der Waals surface area contributed by atoms with E-state index in [9.17, 15) is 0 Å². The number of hydrogen-bond acceptors (Lipinski definition) is 4. The third-order valence-corrected chi connectivity index (χ3v) is 2.69. The van der Waals surface area contributed by atoms with Crippen LogP contribution in [-0.2, 0) is 0 Å². The second-order valence-electron chi connectivity index (χ2n) is 3.61. The number of nitrogen functional groups attached to an aromatic ring is 1. The Morgan fingerprint density at radius 2 is 2.43 bits per heavy atom. The lowest BCUT2D eigenvalue weighted by Crippen LogP contribution is -2.32. The molecule has 1 aromatic rings. The molecule has 0 bridgehead atoms. The van der Waals surface area contributed by atoms with Crippen molar-refractivity contribution in [1.82, 2.24) is 4.98 Å². The topological polar surface area (TPSA) is 62.4 Å². The normalized spacial score (nSPS) is 21.5. The standard InChI is InChI=1S/C10H15N3O/c11-10-4-3-8(6-12-10)13-5-1-2-9(13)7-14/h3-4,6,9,14H,1-2,5,7H2,(H2,11,12)/t9-/m1/s1. The lowest BCUT2D eigenvalue weighted by Gasteiger charge is -2.24. The molecule has 1 saturated heterocycles. The highest BCUT2D eigenvalue weighted by Crippen LogP contribution is 2.24. The van der Waals surface area contributed by atoms with Gasteiger partial charge in [0.15, 0.2) is 0 Å². The van der Waals surface area contributed by atoms with Crippen LogP contribution >= 0.6 is 0 Å². The van der Waals surface area contributed by atoms with Crippen molar-refractivity contribution in [3.8, 4) is 0 Å². The van der Waals surface area contributed by atoms with E-state index in [4.69, 9.17) is 10.8 Å². The van der Waals surface area contributed by atoms with Crippen LogP contribution in [0.3, 0.4) is 0 Å². The maximum absolute atomic E-state index is 9.17. The van der Waals surface area contributed by atoms with Gasteiger partial charge in [0.05, 0.1) is 24.5 Å². The zero-order chi connectivity index (χ0) is 9.97. The summed E-state index contributed by atoms with van der Waals surface area (Å²) >= 11 is 0. The van der Waals surface area contributed by atoms with E-state index in [2.05, 4.69) is 9.88 Å². The second-order valence-corrected chi connectivity index (χ2v) is 3.61. The van der Waals surface area contributed by atoms with E-state index in [1.807, 2.05) is 6.07 Å². The van der Waals surface area contributed by atoms with E-state index in [-0.39, 0.29) is 12.6 Å². The molecule has 4 nitrogen and oxygen atoms in total. The first kappa shape index (κ1) is 9.27. The van der Waals surface area contributed by atoms with Gasteiger partial charge in [0, 0.05) is 6.54 Å². The molecule has 0 amide bonds. The van der Waals surface area contributed by atoms with Crippen molar-refractivity contribution in [3.05, 3.63) is 18.3 Å². The van der Waals surface area contributed by atoms with Crippen molar-refractivity contribution in [2.75, 3.05) is 23.8 Å². The molecule has 1 aromatic heterocycles. The summed E-state index contributed by atoms with van der Waals surface area (Å²) in [6.45, 7) is 1.21. The van der Waals surface area contributed by atoms with Crippen molar-refractivity contribution >= 4 is 11.5 Å². The molecular weight excluding hydrogens is 178 g/mol. The van der Waals surface area contributed by atoms with Crippen LogP contribution in [0.15, 0.2) is 18.3 Å². The Balaban J connectivity index is 2.17. The van der Waals surface area contributed by atoms with Crippen molar-refractivity contribution in [1.29, 1.82) is 0 Å². The number of nitrogens with zero attached hydrogens (tertiary/aromatic N) is 2. The van der Waals surface area contributed by atoms with Gasteiger partial charge in [-0.1, -0.05) is 0 Å². The molecule has 0 aliphatic carbocycles. The lowest BCUT2D eigenvalue weighted by atomic mass is 10.2. The zero-order valence-corrected chi connectivity index (χ0v) is 8.06. The van der Waals surface area contributed by atoms with E-state index in [1.54, 1.807) is 12.3 Å². The summed E-state index contributed by atoms with van der Waals surface area (Å²) in [5, 5.41) is 9.17. The molecule has 2 heterocycles. The zero-order valence-electron chi connectivity index (χ0n) is 8.06. The largest absolute Gasteiger partial charge is 0.394 e. The number of pyridine rings is 1. The summed E-state index contributed by atoms with van der Waals surface area (Å²) in [5.74, 6) is 0.536. The number of hydrogen-bond donors (Lipinski definition) is 2. The lowest BCUT2D eigenvalue weighted by molar-refractivity contribution is 0.266. The van der Waals surface area contributed by atoms with Gasteiger partial charge in [-0.15, -0.1) is 0 Å². The Kier molecular flexibility index (Phi) is 2.54. The first-order valence-electron chi connectivity index (χ1n) is 4.90. The minimum absolute atomic E-state index is 0.213. The fourth-order valence-corrected chi connectivity index (χ4v) is 1.93. The van der Waals surface area contributed by atoms with Crippen LogP contribution in [0, 0.1) is 0 Å². The summed E-state index contributed by atoms with van der Waals surface area (Å²) in [4.78, 5) is 6.23. The number of anilines is 2. The molecule has 76 valence electrons. The molecule has 0 unspecified atom stereocenters. The minimum atomic E-state index is 0.213. The van der Waals surface area contributed by atoms with Gasteiger partial charge < -0.3 is 15.7 Å². The highest BCUT2D eigenvalue weighted by atomic mass is 16.3. The molecular formula is C10H15N3O. The maximum Gasteiger partial charge on any atom is 0.123 e. The van der Waals surface area contributed by atoms with E-state index in [1.165, 1.54) is 0 Å². The quantitative estimate of drug-likeness (QED) is 0.723. The van der Waals surface area contributed by atoms with Crippen LogP contribution in [0.25, 0.3) is 0 Å². The van der Waals surface area contributed by atoms with Gasteiger partial charge in [-0.05, 0) is 25.0 Å². The summed E-state index contributed by atoms with van der Waals surface area (Å²) in [6, 6.07) is 4.00. The van der Waals surface area contributed by atoms with E-state index >= 15 is 0 Å². The van der Waals surface area contributed by atoms with Crippen molar-refractivity contribution in [2.24, 2.45) is 0 Å². The predicted molar refractivity (Wildman–Crippen MR) is 56.1 cm³/mol. The molecule has 1 fully saturated rings. The summed E-state index contributed by atoms with van der Waals surface area (Å²) in [7, 11) is 0. The number of aliphatic hydroxyl groups is 1. The highest BCUT2D eigenvalue weighted by molar-refractivity contribution is 5.49. The van der Waals surface area contributed by atoms with Crippen LogP contribution in [0.5, 0.6) is 0 Å². The third-order valence-electron chi connectivity index (χ3n) is 2.69. The van der Waals surface area contributed by atoms with Crippen molar-refractivity contribution < 1.29 is 5.11 Å². The van der Waals surface area contributed by atoms with Gasteiger partial charge in [0.1, 0.15) is 5.82 Å². The van der Waals surface area contributed by atoms with Crippen molar-refractivity contribution in [3.63, 3.8) is 0 Å². The number of rotatable bonds is 2. The number of nitrogens with two attached hydrogens (primary N) is 1. The number of aliphatic hydroxyl groups excluding tert-OH is 1. The molecule has 0 radical (unpaired) electrons.